The van der Waals surface area contributed by atoms with Gasteiger partial charge in [0, 0.05) is 16.1 Å². The van der Waals surface area contributed by atoms with E-state index in [4.69, 9.17) is 0 Å². The molecule has 0 heterocycles. The molecule has 0 unspecified atom stereocenters. The summed E-state index contributed by atoms with van der Waals surface area (Å²) in [6, 6.07) is 10.2. The summed E-state index contributed by atoms with van der Waals surface area (Å²) in [5.74, 6) is -2.55. The number of carbonyl (C=O) groups excluding carboxylic acids is 2. The van der Waals surface area contributed by atoms with E-state index in [1.165, 1.54) is 30.3 Å². The van der Waals surface area contributed by atoms with Crippen molar-refractivity contribution in [3.63, 3.8) is 0 Å². The van der Waals surface area contributed by atoms with Crippen molar-refractivity contribution < 1.29 is 18.9 Å². The monoisotopic (exact) mass is 311 g/mol. The molecule has 0 saturated heterocycles. The first-order valence-electron chi connectivity index (χ1n) is 7.07. The minimum Gasteiger partial charge on any atom is -0.293 e. The summed E-state index contributed by atoms with van der Waals surface area (Å²) in [5, 5.41) is 11.4. The van der Waals surface area contributed by atoms with Crippen LogP contribution in [0.5, 0.6) is 0 Å². The van der Waals surface area contributed by atoms with E-state index in [0.29, 0.717) is 5.56 Å². The second-order valence-electron chi connectivity index (χ2n) is 5.84. The third-order valence-electron chi connectivity index (χ3n) is 4.77. The van der Waals surface area contributed by atoms with Crippen LogP contribution in [0, 0.1) is 21.3 Å². The summed E-state index contributed by atoms with van der Waals surface area (Å²) in [6.07, 6.45) is 0. The van der Waals surface area contributed by atoms with Crippen molar-refractivity contribution in [1.29, 1.82) is 0 Å². The fraction of sp³-hybridized carbons (Fsp3) is 0.176. The number of ketones is 2. The number of nitro groups is 1. The van der Waals surface area contributed by atoms with E-state index in [2.05, 4.69) is 0 Å². The van der Waals surface area contributed by atoms with E-state index in [1.54, 1.807) is 12.1 Å². The lowest BCUT2D eigenvalue weighted by atomic mass is 9.93. The molecule has 1 spiro atoms. The third kappa shape index (κ3) is 1.55. The lowest BCUT2D eigenvalue weighted by Gasteiger charge is -2.03. The quantitative estimate of drug-likeness (QED) is 0.485. The summed E-state index contributed by atoms with van der Waals surface area (Å²) in [7, 11) is 0. The van der Waals surface area contributed by atoms with Crippen molar-refractivity contribution in [3.8, 4) is 0 Å². The molecule has 0 radical (unpaired) electrons. The van der Waals surface area contributed by atoms with Gasteiger partial charge in [-0.1, -0.05) is 36.4 Å². The lowest BCUT2D eigenvalue weighted by molar-refractivity contribution is -0.500. The SMILES string of the molecule is O=C1c2ccccc2C(=O)C12[C@@H]([N+](=O)[O-])[C@@H]2c1cccc(F)c1. The number of nitrogens with zero attached hydrogens (tertiary/aromatic N) is 1. The first-order chi connectivity index (χ1) is 11.0. The number of Topliss-reactive ketones (excluding diaryl/α,β-unsaturated/α-hetero) is 2. The maximum Gasteiger partial charge on any atom is 0.242 e. The Kier molecular flexibility index (Phi) is 2.58. The number of benzene rings is 2. The summed E-state index contributed by atoms with van der Waals surface area (Å²) in [5.41, 5.74) is -0.992. The number of hydrogen-bond acceptors (Lipinski definition) is 4. The largest absolute Gasteiger partial charge is 0.293 e. The van der Waals surface area contributed by atoms with Crippen molar-refractivity contribution in [2.75, 3.05) is 0 Å². The molecule has 0 aliphatic heterocycles. The number of rotatable bonds is 2. The molecule has 2 aliphatic carbocycles. The average molecular weight is 311 g/mol. The van der Waals surface area contributed by atoms with Gasteiger partial charge in [0.2, 0.25) is 6.04 Å². The zero-order valence-electron chi connectivity index (χ0n) is 11.7. The minimum atomic E-state index is -1.72. The van der Waals surface area contributed by atoms with Crippen LogP contribution in [0.25, 0.3) is 0 Å². The maximum atomic E-state index is 13.5. The molecule has 6 heteroatoms. The Labute approximate surface area is 129 Å². The number of hydrogen-bond donors (Lipinski definition) is 0. The lowest BCUT2D eigenvalue weighted by Crippen LogP contribution is -2.25. The third-order valence-corrected chi connectivity index (χ3v) is 4.77. The smallest absolute Gasteiger partial charge is 0.242 e. The van der Waals surface area contributed by atoms with Gasteiger partial charge in [0.15, 0.2) is 17.0 Å². The summed E-state index contributed by atoms with van der Waals surface area (Å²) in [4.78, 5) is 36.4. The Balaban J connectivity index is 1.90. The van der Waals surface area contributed by atoms with Gasteiger partial charge in [0.1, 0.15) is 5.82 Å². The molecule has 2 aliphatic rings. The fourth-order valence-corrected chi connectivity index (χ4v) is 3.78. The van der Waals surface area contributed by atoms with E-state index in [9.17, 15) is 24.1 Å². The molecule has 4 rings (SSSR count). The highest BCUT2D eigenvalue weighted by Gasteiger charge is 2.84. The number of carbonyl (C=O) groups is 2. The fourth-order valence-electron chi connectivity index (χ4n) is 3.78. The molecular formula is C17H10FNO4. The highest BCUT2D eigenvalue weighted by molar-refractivity contribution is 6.33. The maximum absolute atomic E-state index is 13.5. The standard InChI is InChI=1S/C17H10FNO4/c18-10-5-3-4-9(8-10)13-14(19(22)23)17(13)15(20)11-6-1-2-7-12(11)16(17)21/h1-8,13-14H/t13-,14-/m0/s1. The topological polar surface area (TPSA) is 77.3 Å². The van der Waals surface area contributed by atoms with Crippen molar-refractivity contribution in [2.45, 2.75) is 12.0 Å². The highest BCUT2D eigenvalue weighted by atomic mass is 19.1. The van der Waals surface area contributed by atoms with Crippen LogP contribution in [0.4, 0.5) is 4.39 Å². The van der Waals surface area contributed by atoms with Crippen LogP contribution in [-0.4, -0.2) is 22.5 Å². The second-order valence-corrected chi connectivity index (χ2v) is 5.84. The molecule has 114 valence electrons. The van der Waals surface area contributed by atoms with Gasteiger partial charge >= 0.3 is 0 Å². The van der Waals surface area contributed by atoms with Crippen LogP contribution in [0.3, 0.4) is 0 Å². The van der Waals surface area contributed by atoms with E-state index < -0.39 is 39.7 Å². The van der Waals surface area contributed by atoms with E-state index in [1.807, 2.05) is 0 Å². The predicted octanol–water partition coefficient (Wildman–Crippen LogP) is 2.63. The normalized spacial score (nSPS) is 23.9. The van der Waals surface area contributed by atoms with Gasteiger partial charge in [0.05, 0.1) is 5.92 Å². The molecule has 0 aromatic heterocycles. The Bertz CT molecular complexity index is 857. The van der Waals surface area contributed by atoms with Gasteiger partial charge in [-0.05, 0) is 17.7 Å². The zero-order chi connectivity index (χ0) is 16.4. The molecule has 2 aromatic rings. The van der Waals surface area contributed by atoms with Gasteiger partial charge in [-0.2, -0.15) is 0 Å². The Morgan fingerprint density at radius 2 is 1.61 bits per heavy atom. The highest BCUT2D eigenvalue weighted by Crippen LogP contribution is 2.66. The van der Waals surface area contributed by atoms with Crippen LogP contribution < -0.4 is 0 Å². The van der Waals surface area contributed by atoms with Crippen molar-refractivity contribution >= 4 is 11.6 Å². The first-order valence-corrected chi connectivity index (χ1v) is 7.07. The van der Waals surface area contributed by atoms with Gasteiger partial charge in [-0.25, -0.2) is 4.39 Å². The molecule has 0 N–H and O–H groups in total. The minimum absolute atomic E-state index is 0.211. The van der Waals surface area contributed by atoms with Gasteiger partial charge in [-0.3, -0.25) is 19.7 Å². The summed E-state index contributed by atoms with van der Waals surface area (Å²) in [6.45, 7) is 0. The molecular weight excluding hydrogens is 301 g/mol. The van der Waals surface area contributed by atoms with Crippen LogP contribution in [0.2, 0.25) is 0 Å². The first kappa shape index (κ1) is 13.8. The Morgan fingerprint density at radius 3 is 2.13 bits per heavy atom. The molecule has 23 heavy (non-hydrogen) atoms. The molecule has 1 fully saturated rings. The van der Waals surface area contributed by atoms with E-state index in [0.717, 1.165) is 6.07 Å². The van der Waals surface area contributed by atoms with Crippen LogP contribution >= 0.6 is 0 Å². The number of halogens is 1. The molecule has 2 atom stereocenters. The Morgan fingerprint density at radius 1 is 1.00 bits per heavy atom. The van der Waals surface area contributed by atoms with Gasteiger partial charge in [0.25, 0.3) is 0 Å². The van der Waals surface area contributed by atoms with Crippen molar-refractivity contribution in [2.24, 2.45) is 5.41 Å². The molecule has 5 nitrogen and oxygen atoms in total. The van der Waals surface area contributed by atoms with Crippen molar-refractivity contribution in [3.05, 3.63) is 81.2 Å². The second kappa shape index (κ2) is 4.32. The predicted molar refractivity (Wildman–Crippen MR) is 77.5 cm³/mol. The van der Waals surface area contributed by atoms with Gasteiger partial charge in [-0.15, -0.1) is 0 Å². The van der Waals surface area contributed by atoms with Gasteiger partial charge < -0.3 is 0 Å². The summed E-state index contributed by atoms with van der Waals surface area (Å²) >= 11 is 0. The molecule has 1 saturated carbocycles. The summed E-state index contributed by atoms with van der Waals surface area (Å²) < 4.78 is 13.5. The van der Waals surface area contributed by atoms with E-state index in [-0.39, 0.29) is 11.1 Å². The van der Waals surface area contributed by atoms with E-state index >= 15 is 0 Å². The molecule has 0 amide bonds. The molecule has 2 aromatic carbocycles. The van der Waals surface area contributed by atoms with Crippen LogP contribution in [-0.2, 0) is 0 Å². The number of fused-ring (bicyclic) bond motifs is 1. The Hall–Kier alpha value is -2.89. The van der Waals surface area contributed by atoms with Crippen LogP contribution in [0.15, 0.2) is 48.5 Å². The average Bonchev–Trinajstić information content (AvgIpc) is 3.20. The molecule has 0 bridgehead atoms. The van der Waals surface area contributed by atoms with Crippen molar-refractivity contribution in [1.82, 2.24) is 0 Å². The van der Waals surface area contributed by atoms with Crippen LogP contribution in [0.1, 0.15) is 32.2 Å². The zero-order valence-corrected chi connectivity index (χ0v) is 11.7.